The minimum atomic E-state index is -0.548. The van der Waals surface area contributed by atoms with Crippen molar-refractivity contribution < 1.29 is 23.5 Å². The van der Waals surface area contributed by atoms with Crippen LogP contribution in [-0.2, 0) is 19.1 Å². The zero-order valence-corrected chi connectivity index (χ0v) is 38.1. The first-order valence-electron chi connectivity index (χ1n) is 24.2. The van der Waals surface area contributed by atoms with Gasteiger partial charge in [0.15, 0.2) is 0 Å². The van der Waals surface area contributed by atoms with Gasteiger partial charge >= 0.3 is 0 Å². The van der Waals surface area contributed by atoms with Gasteiger partial charge in [0.1, 0.15) is 34.8 Å². The molecule has 5 fully saturated rings. The van der Waals surface area contributed by atoms with Crippen LogP contribution < -0.4 is 20.9 Å². The van der Waals surface area contributed by atoms with E-state index in [0.717, 1.165) is 119 Å². The van der Waals surface area contributed by atoms with Gasteiger partial charge < -0.3 is 25.2 Å². The minimum Gasteiger partial charge on any atom is -0.381 e. The molecule has 17 heteroatoms. The number of benzene rings is 1. The summed E-state index contributed by atoms with van der Waals surface area (Å²) in [5.74, 6) is 0.252. The fourth-order valence-corrected chi connectivity index (χ4v) is 11.1. The van der Waals surface area contributed by atoms with Crippen molar-refractivity contribution in [2.24, 2.45) is 5.41 Å². The summed E-state index contributed by atoms with van der Waals surface area (Å²) in [6.07, 6.45) is 19.8. The van der Waals surface area contributed by atoms with E-state index in [1.165, 1.54) is 6.07 Å². The van der Waals surface area contributed by atoms with E-state index in [4.69, 9.17) is 19.8 Å². The first kappa shape index (κ1) is 44.6. The van der Waals surface area contributed by atoms with Crippen LogP contribution in [0.3, 0.4) is 0 Å². The predicted octanol–water partition coefficient (Wildman–Crippen LogP) is 6.54. The van der Waals surface area contributed by atoms with Crippen LogP contribution in [0.15, 0.2) is 61.3 Å². The lowest BCUT2D eigenvalue weighted by Crippen LogP contribution is -2.52. The van der Waals surface area contributed by atoms with Gasteiger partial charge in [-0.05, 0) is 126 Å². The molecular weight excluding hydrogens is 852 g/mol. The summed E-state index contributed by atoms with van der Waals surface area (Å²) in [4.78, 5) is 52.1. The normalized spacial score (nSPS) is 23.2. The van der Waals surface area contributed by atoms with E-state index in [-0.39, 0.29) is 53.4 Å². The summed E-state index contributed by atoms with van der Waals surface area (Å²) in [5, 5.41) is 28.2. The highest BCUT2D eigenvalue weighted by molar-refractivity contribution is 6.01. The maximum Gasteiger partial charge on any atom is 0.249 e. The minimum absolute atomic E-state index is 0.142. The fourth-order valence-electron chi connectivity index (χ4n) is 11.1. The Hall–Kier alpha value is -6.25. The van der Waals surface area contributed by atoms with Crippen molar-refractivity contribution in [2.45, 2.75) is 120 Å². The lowest BCUT2D eigenvalue weighted by atomic mass is 9.75. The van der Waals surface area contributed by atoms with E-state index < -0.39 is 6.04 Å². The van der Waals surface area contributed by atoms with Crippen molar-refractivity contribution >= 4 is 34.7 Å². The zero-order valence-electron chi connectivity index (χ0n) is 38.1. The largest absolute Gasteiger partial charge is 0.381 e. The molecule has 4 aliphatic heterocycles. The number of rotatable bonds is 11. The average Bonchev–Trinajstić information content (AvgIpc) is 4.04. The van der Waals surface area contributed by atoms with Gasteiger partial charge in [0.25, 0.3) is 0 Å². The van der Waals surface area contributed by atoms with Crippen molar-refractivity contribution in [3.63, 3.8) is 0 Å². The highest BCUT2D eigenvalue weighted by Crippen LogP contribution is 2.39. The first-order chi connectivity index (χ1) is 32.7. The van der Waals surface area contributed by atoms with Crippen LogP contribution in [-0.4, -0.2) is 110 Å². The number of halogens is 1. The third kappa shape index (κ3) is 9.25. The number of aromatic nitrogens is 6. The number of nitrogens with one attached hydrogen (secondary N) is 3. The second-order valence-electron chi connectivity index (χ2n) is 19.2. The number of nitrogens with zero attached hydrogens (tertiary/aromatic N) is 9. The van der Waals surface area contributed by atoms with E-state index in [9.17, 15) is 19.6 Å². The van der Waals surface area contributed by atoms with Gasteiger partial charge in [0.05, 0.1) is 41.4 Å². The molecule has 0 unspecified atom stereocenters. The second-order valence-corrected chi connectivity index (χ2v) is 19.2. The monoisotopic (exact) mass is 910 g/mol. The van der Waals surface area contributed by atoms with Crippen LogP contribution in [0, 0.1) is 22.6 Å². The number of nitriles is 1. The Bertz CT molecular complexity index is 2650. The Morgan fingerprint density at radius 3 is 2.39 bits per heavy atom. The van der Waals surface area contributed by atoms with Crippen molar-refractivity contribution in [3.05, 3.63) is 78.3 Å². The molecule has 5 aromatic rings. The van der Waals surface area contributed by atoms with Crippen molar-refractivity contribution in [3.8, 4) is 28.6 Å². The first-order valence-corrected chi connectivity index (χ1v) is 24.2. The number of pyridine rings is 1. The molecule has 3 amide bonds. The van der Waals surface area contributed by atoms with E-state index in [2.05, 4.69) is 54.7 Å². The van der Waals surface area contributed by atoms with Crippen LogP contribution >= 0.6 is 0 Å². The molecule has 3 N–H and O–H groups in total. The number of fused-ring (bicyclic) bond motifs is 1. The molecule has 67 heavy (non-hydrogen) atoms. The molecule has 4 aromatic heterocycles. The predicted molar refractivity (Wildman–Crippen MR) is 249 cm³/mol. The standard InChI is InChI=1S/C50H59FN12O4/c1-2-50(49(66)57-36-15-23-67-24-16-36)17-21-61(22-18-50)44-11-3-33(27-53-44)46-47-34(26-52)28-55-63(47)31-43(58-46)35-29-54-62(30-35)39-7-5-38(6-8-39)60-19-13-32(14-20-60)40-9-4-37(25-41(40)51)56-42-10-12-45(64)59-48(42)65/h3-4,9,11,25,27-32,36,38-39,42,56H,2,5-8,10,12-24H2,1H3,(H,57,66)(H,59,64,65)/t38?,39?,42-/m1/s1. The third-order valence-corrected chi connectivity index (χ3v) is 15.4. The smallest absolute Gasteiger partial charge is 0.249 e. The van der Waals surface area contributed by atoms with E-state index in [1.807, 2.05) is 42.9 Å². The molecule has 1 saturated carbocycles. The average molecular weight is 911 g/mol. The van der Waals surface area contributed by atoms with Gasteiger partial charge in [-0.1, -0.05) is 13.0 Å². The van der Waals surface area contributed by atoms with Crippen LogP contribution in [0.25, 0.3) is 28.0 Å². The van der Waals surface area contributed by atoms with Gasteiger partial charge in [-0.25, -0.2) is 18.9 Å². The molecule has 10 rings (SSSR count). The second kappa shape index (κ2) is 19.2. The Labute approximate surface area is 389 Å². The Balaban J connectivity index is 0.753. The topological polar surface area (TPSA) is 188 Å². The van der Waals surface area contributed by atoms with Crippen LogP contribution in [0.5, 0.6) is 0 Å². The number of carbonyl (C=O) groups is 3. The summed E-state index contributed by atoms with van der Waals surface area (Å²) in [5.41, 5.74) is 4.92. The van der Waals surface area contributed by atoms with Crippen molar-refractivity contribution in [1.82, 2.24) is 44.9 Å². The maximum atomic E-state index is 15.4. The summed E-state index contributed by atoms with van der Waals surface area (Å²) in [6.45, 7) is 6.83. The van der Waals surface area contributed by atoms with Crippen molar-refractivity contribution in [2.75, 3.05) is 49.6 Å². The number of imide groups is 1. The molecule has 0 spiro atoms. The molecule has 16 nitrogen and oxygen atoms in total. The molecule has 0 radical (unpaired) electrons. The van der Waals surface area contributed by atoms with E-state index in [0.29, 0.717) is 53.8 Å². The SMILES string of the molecule is CCC1(C(=O)NC2CCOCC2)CCN(c2ccc(-c3nc(-c4cnn(C5CCC(N6CCC(c7ccc(N[C@@H]8CCC(=O)NC8=O)cc7F)CC6)CC5)c4)cn4ncc(C#N)c34)cn2)CC1. The number of ether oxygens (including phenoxy) is 1. The highest BCUT2D eigenvalue weighted by Gasteiger charge is 2.41. The number of amides is 3. The molecule has 1 atom stereocenters. The number of hydrogen-bond acceptors (Lipinski definition) is 12. The molecule has 4 saturated heterocycles. The van der Waals surface area contributed by atoms with Gasteiger partial charge in [0, 0.05) is 74.0 Å². The third-order valence-electron chi connectivity index (χ3n) is 15.4. The lowest BCUT2D eigenvalue weighted by molar-refractivity contribution is -0.134. The Morgan fingerprint density at radius 1 is 0.910 bits per heavy atom. The molecule has 350 valence electrons. The summed E-state index contributed by atoms with van der Waals surface area (Å²) < 4.78 is 24.7. The van der Waals surface area contributed by atoms with Gasteiger partial charge in [0.2, 0.25) is 17.7 Å². The number of hydrogen-bond donors (Lipinski definition) is 3. The zero-order chi connectivity index (χ0) is 46.1. The van der Waals surface area contributed by atoms with Crippen LogP contribution in [0.1, 0.15) is 113 Å². The lowest BCUT2D eigenvalue weighted by Gasteiger charge is -2.41. The number of carbonyl (C=O) groups excluding carboxylic acids is 3. The van der Waals surface area contributed by atoms with Crippen LogP contribution in [0.2, 0.25) is 0 Å². The molecular formula is C50H59FN12O4. The van der Waals surface area contributed by atoms with Gasteiger partial charge in [-0.3, -0.25) is 24.4 Å². The molecule has 0 bridgehead atoms. The highest BCUT2D eigenvalue weighted by atomic mass is 19.1. The molecule has 1 aliphatic carbocycles. The molecule has 5 aliphatic rings. The summed E-state index contributed by atoms with van der Waals surface area (Å²) >= 11 is 0. The number of anilines is 2. The maximum absolute atomic E-state index is 15.4. The molecule has 1 aromatic carbocycles. The number of piperidine rings is 3. The van der Waals surface area contributed by atoms with Gasteiger partial charge in [-0.15, -0.1) is 0 Å². The van der Waals surface area contributed by atoms with E-state index >= 15 is 4.39 Å². The van der Waals surface area contributed by atoms with E-state index in [1.54, 1.807) is 10.7 Å². The number of likely N-dealkylation sites (tertiary alicyclic amines) is 1. The Kier molecular flexibility index (Phi) is 12.7. The van der Waals surface area contributed by atoms with Gasteiger partial charge in [-0.2, -0.15) is 15.5 Å². The summed E-state index contributed by atoms with van der Waals surface area (Å²) in [7, 11) is 0. The van der Waals surface area contributed by atoms with Crippen molar-refractivity contribution in [1.29, 1.82) is 5.26 Å². The quantitative estimate of drug-likeness (QED) is 0.122. The fraction of sp³-hybridized carbons (Fsp3) is 0.520. The summed E-state index contributed by atoms with van der Waals surface area (Å²) in [6, 6.07) is 11.8. The molecule has 8 heterocycles. The van der Waals surface area contributed by atoms with Crippen LogP contribution in [0.4, 0.5) is 15.9 Å². The Morgan fingerprint density at radius 2 is 1.69 bits per heavy atom.